The van der Waals surface area contributed by atoms with Crippen LogP contribution in [0.1, 0.15) is 59.7 Å². The summed E-state index contributed by atoms with van der Waals surface area (Å²) in [5.41, 5.74) is 2.78. The quantitative estimate of drug-likeness (QED) is 0.542. The number of rotatable bonds is 3. The Labute approximate surface area is 179 Å². The molecule has 0 saturated heterocycles. The molecule has 31 heavy (non-hydrogen) atoms. The lowest BCUT2D eigenvalue weighted by Crippen LogP contribution is -2.30. The summed E-state index contributed by atoms with van der Waals surface area (Å²) in [6.45, 7) is 7.45. The van der Waals surface area contributed by atoms with Gasteiger partial charge in [-0.3, -0.25) is 0 Å². The molecule has 3 N–H and O–H groups in total. The van der Waals surface area contributed by atoms with Crippen molar-refractivity contribution < 1.29 is 29.6 Å². The highest BCUT2D eigenvalue weighted by Gasteiger charge is 2.51. The first-order valence-electron chi connectivity index (χ1n) is 9.78. The van der Waals surface area contributed by atoms with Gasteiger partial charge in [-0.05, 0) is 86.3 Å². The number of aromatic hydroxyl groups is 2. The lowest BCUT2D eigenvalue weighted by molar-refractivity contribution is 0.0239. The van der Waals surface area contributed by atoms with Gasteiger partial charge in [0.05, 0.1) is 11.1 Å². The van der Waals surface area contributed by atoms with Crippen molar-refractivity contribution in [1.29, 1.82) is 0 Å². The number of aromatic carboxylic acids is 1. The molecule has 0 bridgehead atoms. The average Bonchev–Trinajstić information content (AvgIpc) is 3.00. The Morgan fingerprint density at radius 2 is 1.26 bits per heavy atom. The maximum atomic E-state index is 13.0. The first kappa shape index (κ1) is 20.5. The van der Waals surface area contributed by atoms with Gasteiger partial charge in [-0.25, -0.2) is 9.59 Å². The SMILES string of the molecule is Cc1cc(O)c(C2(c3cc(C)c(C)cc3O)OC(=O)c3cc(C(=O)O)ccc32)cc1C. The molecule has 0 unspecified atom stereocenters. The number of fused-ring (bicyclic) bond motifs is 1. The number of cyclic esters (lactones) is 1. The van der Waals surface area contributed by atoms with Gasteiger partial charge in [0.15, 0.2) is 5.60 Å². The molecule has 0 spiro atoms. The minimum absolute atomic E-state index is 0.0554. The van der Waals surface area contributed by atoms with E-state index in [2.05, 4.69) is 0 Å². The van der Waals surface area contributed by atoms with Crippen LogP contribution >= 0.6 is 0 Å². The molecule has 0 saturated carbocycles. The number of aryl methyl sites for hydroxylation is 4. The number of carboxylic acids is 1. The second-order valence-electron chi connectivity index (χ2n) is 8.04. The molecule has 0 aromatic heterocycles. The fourth-order valence-corrected chi connectivity index (χ4v) is 4.11. The van der Waals surface area contributed by atoms with Gasteiger partial charge >= 0.3 is 11.9 Å². The van der Waals surface area contributed by atoms with Gasteiger partial charge in [0.2, 0.25) is 0 Å². The third-order valence-corrected chi connectivity index (χ3v) is 6.09. The van der Waals surface area contributed by atoms with E-state index in [1.807, 2.05) is 27.7 Å². The van der Waals surface area contributed by atoms with Crippen LogP contribution in [-0.4, -0.2) is 27.3 Å². The number of carboxylic acid groups (broad SMARTS) is 1. The first-order chi connectivity index (χ1) is 14.6. The van der Waals surface area contributed by atoms with E-state index in [0.717, 1.165) is 22.3 Å². The van der Waals surface area contributed by atoms with Gasteiger partial charge in [0, 0.05) is 16.7 Å². The Morgan fingerprint density at radius 1 is 0.774 bits per heavy atom. The average molecular weight is 418 g/mol. The maximum absolute atomic E-state index is 13.0. The number of phenols is 2. The van der Waals surface area contributed by atoms with Gasteiger partial charge in [-0.1, -0.05) is 6.07 Å². The van der Waals surface area contributed by atoms with Crippen LogP contribution in [0.4, 0.5) is 0 Å². The van der Waals surface area contributed by atoms with Crippen molar-refractivity contribution in [3.05, 3.63) is 92.5 Å². The predicted molar refractivity (Wildman–Crippen MR) is 114 cm³/mol. The number of phenolic OH excluding ortho intramolecular Hbond substituents is 2. The number of hydrogen-bond acceptors (Lipinski definition) is 5. The van der Waals surface area contributed by atoms with Crippen LogP contribution in [0.2, 0.25) is 0 Å². The van der Waals surface area contributed by atoms with Crippen LogP contribution < -0.4 is 0 Å². The Bertz CT molecular complexity index is 1210. The highest BCUT2D eigenvalue weighted by molar-refractivity contribution is 5.99. The van der Waals surface area contributed by atoms with Crippen LogP contribution in [0.25, 0.3) is 0 Å². The molecular weight excluding hydrogens is 396 g/mol. The molecule has 0 radical (unpaired) electrons. The van der Waals surface area contributed by atoms with Crippen LogP contribution in [0.3, 0.4) is 0 Å². The molecule has 6 heteroatoms. The standard InChI is InChI=1S/C25H22O6/c1-12-7-19(21(26)9-14(12)3)25(20-8-13(2)15(4)10-22(20)27)18-6-5-16(23(28)29)11-17(18)24(30)31-25/h5-11,26-27H,1-4H3,(H,28,29). The fourth-order valence-electron chi connectivity index (χ4n) is 4.11. The number of carbonyl (C=O) groups is 2. The van der Waals surface area contributed by atoms with Gasteiger partial charge in [-0.2, -0.15) is 0 Å². The topological polar surface area (TPSA) is 104 Å². The predicted octanol–water partition coefficient (Wildman–Crippen LogP) is 4.49. The van der Waals surface area contributed by atoms with Crippen molar-refractivity contribution in [3.8, 4) is 11.5 Å². The summed E-state index contributed by atoms with van der Waals surface area (Å²) >= 11 is 0. The third-order valence-electron chi connectivity index (χ3n) is 6.09. The van der Waals surface area contributed by atoms with E-state index in [0.29, 0.717) is 16.7 Å². The zero-order chi connectivity index (χ0) is 22.7. The normalized spacial score (nSPS) is 14.3. The van der Waals surface area contributed by atoms with E-state index in [9.17, 15) is 24.9 Å². The van der Waals surface area contributed by atoms with E-state index in [1.54, 1.807) is 24.3 Å². The Kier molecular flexibility index (Phi) is 4.54. The molecule has 0 amide bonds. The third kappa shape index (κ3) is 2.94. The molecule has 3 aromatic rings. The summed E-state index contributed by atoms with van der Waals surface area (Å²) in [4.78, 5) is 24.4. The monoisotopic (exact) mass is 418 g/mol. The van der Waals surface area contributed by atoms with Crippen LogP contribution in [0.5, 0.6) is 11.5 Å². The molecule has 158 valence electrons. The maximum Gasteiger partial charge on any atom is 0.340 e. The van der Waals surface area contributed by atoms with Crippen molar-refractivity contribution in [1.82, 2.24) is 0 Å². The Hall–Kier alpha value is -3.80. The molecule has 1 aliphatic rings. The number of ether oxygens (including phenoxy) is 1. The summed E-state index contributed by atoms with van der Waals surface area (Å²) < 4.78 is 5.93. The van der Waals surface area contributed by atoms with Crippen molar-refractivity contribution in [3.63, 3.8) is 0 Å². The minimum Gasteiger partial charge on any atom is -0.507 e. The highest BCUT2D eigenvalue weighted by atomic mass is 16.6. The molecule has 0 atom stereocenters. The van der Waals surface area contributed by atoms with Crippen molar-refractivity contribution in [2.75, 3.05) is 0 Å². The van der Waals surface area contributed by atoms with Gasteiger partial charge in [0.25, 0.3) is 0 Å². The van der Waals surface area contributed by atoms with E-state index >= 15 is 0 Å². The summed E-state index contributed by atoms with van der Waals surface area (Å²) in [6.07, 6.45) is 0. The van der Waals surface area contributed by atoms with Crippen molar-refractivity contribution in [2.45, 2.75) is 33.3 Å². The molecule has 4 rings (SSSR count). The molecule has 3 aromatic carbocycles. The van der Waals surface area contributed by atoms with Gasteiger partial charge in [-0.15, -0.1) is 0 Å². The summed E-state index contributed by atoms with van der Waals surface area (Å²) in [6, 6.07) is 10.8. The molecule has 0 aliphatic carbocycles. The van der Waals surface area contributed by atoms with Crippen molar-refractivity contribution in [2.24, 2.45) is 0 Å². The largest absolute Gasteiger partial charge is 0.507 e. The van der Waals surface area contributed by atoms with Crippen molar-refractivity contribution >= 4 is 11.9 Å². The molecule has 0 fully saturated rings. The van der Waals surface area contributed by atoms with Crippen LogP contribution in [0, 0.1) is 27.7 Å². The van der Waals surface area contributed by atoms with Crippen LogP contribution in [0.15, 0.2) is 42.5 Å². The first-order valence-corrected chi connectivity index (χ1v) is 9.78. The minimum atomic E-state index is -1.63. The fraction of sp³-hybridized carbons (Fsp3) is 0.200. The zero-order valence-electron chi connectivity index (χ0n) is 17.6. The Balaban J connectivity index is 2.14. The number of esters is 1. The molecular formula is C25H22O6. The summed E-state index contributed by atoms with van der Waals surface area (Å²) in [7, 11) is 0. The van der Waals surface area contributed by atoms with E-state index < -0.39 is 17.5 Å². The molecule has 1 aliphatic heterocycles. The summed E-state index contributed by atoms with van der Waals surface area (Å²) in [5.74, 6) is -2.09. The highest BCUT2D eigenvalue weighted by Crippen LogP contribution is 2.52. The molecule has 6 nitrogen and oxygen atoms in total. The Morgan fingerprint density at radius 3 is 1.74 bits per heavy atom. The van der Waals surface area contributed by atoms with E-state index in [4.69, 9.17) is 4.74 Å². The number of carbonyl (C=O) groups excluding carboxylic acids is 1. The second kappa shape index (κ2) is 6.87. The van der Waals surface area contributed by atoms with E-state index in [1.165, 1.54) is 18.2 Å². The van der Waals surface area contributed by atoms with Gasteiger partial charge < -0.3 is 20.1 Å². The number of benzene rings is 3. The zero-order valence-corrected chi connectivity index (χ0v) is 17.6. The van der Waals surface area contributed by atoms with E-state index in [-0.39, 0.29) is 22.6 Å². The second-order valence-corrected chi connectivity index (χ2v) is 8.04. The lowest BCUT2D eigenvalue weighted by Gasteiger charge is -2.32. The van der Waals surface area contributed by atoms with Gasteiger partial charge in [0.1, 0.15) is 11.5 Å². The summed E-state index contributed by atoms with van der Waals surface area (Å²) in [5, 5.41) is 31.2. The molecule has 1 heterocycles. The van der Waals surface area contributed by atoms with Crippen LogP contribution in [-0.2, 0) is 10.3 Å². The smallest absolute Gasteiger partial charge is 0.340 e. The lowest BCUT2D eigenvalue weighted by atomic mass is 9.77. The number of hydrogen-bond donors (Lipinski definition) is 3.